The summed E-state index contributed by atoms with van der Waals surface area (Å²) in [7, 11) is 0. The average molecular weight is 304 g/mol. The van der Waals surface area contributed by atoms with Crippen molar-refractivity contribution in [1.82, 2.24) is 5.32 Å². The lowest BCUT2D eigenvalue weighted by Crippen LogP contribution is -2.16. The molecule has 0 aromatic heterocycles. The van der Waals surface area contributed by atoms with Crippen molar-refractivity contribution in [1.29, 1.82) is 0 Å². The largest absolute Gasteiger partial charge is 0.505 e. The van der Waals surface area contributed by atoms with Crippen LogP contribution in [-0.2, 0) is 11.3 Å². The molecule has 0 bridgehead atoms. The van der Waals surface area contributed by atoms with Crippen molar-refractivity contribution in [3.05, 3.63) is 88.8 Å². The van der Waals surface area contributed by atoms with Crippen LogP contribution in [0.15, 0.2) is 82.7 Å². The summed E-state index contributed by atoms with van der Waals surface area (Å²) in [5.41, 5.74) is 2.52. The summed E-state index contributed by atoms with van der Waals surface area (Å²) >= 11 is 0. The van der Waals surface area contributed by atoms with Crippen LogP contribution in [-0.4, -0.2) is 17.2 Å². The van der Waals surface area contributed by atoms with Gasteiger partial charge in [-0.1, -0.05) is 60.7 Å². The minimum atomic E-state index is -0.346. The van der Waals surface area contributed by atoms with Crippen molar-refractivity contribution in [2.45, 2.75) is 6.54 Å². The summed E-state index contributed by atoms with van der Waals surface area (Å²) in [6.07, 6.45) is 3.15. The van der Waals surface area contributed by atoms with E-state index in [-0.39, 0.29) is 17.2 Å². The fourth-order valence-electron chi connectivity index (χ4n) is 2.27. The highest BCUT2D eigenvalue weighted by molar-refractivity contribution is 6.16. The van der Waals surface area contributed by atoms with Crippen molar-refractivity contribution in [3.63, 3.8) is 0 Å². The molecular formula is C19H16N2O2. The predicted octanol–water partition coefficient (Wildman–Crippen LogP) is 3.24. The predicted molar refractivity (Wildman–Crippen MR) is 90.9 cm³/mol. The summed E-state index contributed by atoms with van der Waals surface area (Å²) in [6.45, 7) is 0.461. The number of benzene rings is 2. The van der Waals surface area contributed by atoms with Crippen molar-refractivity contribution in [2.24, 2.45) is 4.99 Å². The van der Waals surface area contributed by atoms with Gasteiger partial charge in [-0.2, -0.15) is 0 Å². The van der Waals surface area contributed by atoms with E-state index in [0.29, 0.717) is 12.2 Å². The van der Waals surface area contributed by atoms with Crippen molar-refractivity contribution >= 4 is 18.2 Å². The van der Waals surface area contributed by atoms with Gasteiger partial charge in [0.2, 0.25) is 0 Å². The van der Waals surface area contributed by atoms with Gasteiger partial charge in [-0.15, -0.1) is 0 Å². The second-order valence-electron chi connectivity index (χ2n) is 5.14. The lowest BCUT2D eigenvalue weighted by atomic mass is 10.1. The van der Waals surface area contributed by atoms with Gasteiger partial charge in [0, 0.05) is 6.21 Å². The summed E-state index contributed by atoms with van der Waals surface area (Å²) in [5.74, 6) is -0.419. The van der Waals surface area contributed by atoms with Gasteiger partial charge >= 0.3 is 0 Å². The number of aliphatic imine (C=N–C) groups is 1. The van der Waals surface area contributed by atoms with Gasteiger partial charge in [0.05, 0.1) is 12.2 Å². The van der Waals surface area contributed by atoms with E-state index < -0.39 is 0 Å². The molecule has 0 atom stereocenters. The molecular weight excluding hydrogens is 288 g/mol. The monoisotopic (exact) mass is 304 g/mol. The highest BCUT2D eigenvalue weighted by Crippen LogP contribution is 2.19. The first-order valence-corrected chi connectivity index (χ1v) is 7.29. The van der Waals surface area contributed by atoms with Crippen LogP contribution in [0.5, 0.6) is 0 Å². The van der Waals surface area contributed by atoms with E-state index >= 15 is 0 Å². The van der Waals surface area contributed by atoms with Crippen molar-refractivity contribution in [3.8, 4) is 0 Å². The number of carbonyl (C=O) groups excluding carboxylic acids is 1. The summed E-state index contributed by atoms with van der Waals surface area (Å²) in [6, 6.07) is 19.2. The fourth-order valence-corrected chi connectivity index (χ4v) is 2.27. The Morgan fingerprint density at radius 3 is 2.35 bits per heavy atom. The van der Waals surface area contributed by atoms with Crippen LogP contribution in [0, 0.1) is 0 Å². The van der Waals surface area contributed by atoms with Gasteiger partial charge in [0.1, 0.15) is 5.57 Å². The Hall–Kier alpha value is -3.14. The first-order valence-electron chi connectivity index (χ1n) is 7.29. The van der Waals surface area contributed by atoms with Crippen LogP contribution >= 0.6 is 0 Å². The van der Waals surface area contributed by atoms with Crippen LogP contribution < -0.4 is 5.32 Å². The summed E-state index contributed by atoms with van der Waals surface area (Å²) in [5, 5.41) is 12.9. The molecule has 2 aromatic rings. The average Bonchev–Trinajstić information content (AvgIpc) is 2.84. The molecule has 3 rings (SSSR count). The third kappa shape index (κ3) is 3.55. The molecule has 0 saturated heterocycles. The van der Waals surface area contributed by atoms with Gasteiger partial charge < -0.3 is 10.4 Å². The van der Waals surface area contributed by atoms with Crippen molar-refractivity contribution < 1.29 is 9.90 Å². The molecule has 0 fully saturated rings. The van der Waals surface area contributed by atoms with E-state index in [9.17, 15) is 9.90 Å². The van der Waals surface area contributed by atoms with Crippen LogP contribution in [0.1, 0.15) is 11.1 Å². The molecule has 114 valence electrons. The number of aliphatic hydroxyl groups excluding tert-OH is 1. The number of nitrogens with one attached hydrogen (secondary N) is 1. The van der Waals surface area contributed by atoms with Crippen LogP contribution in [0.3, 0.4) is 0 Å². The molecule has 0 spiro atoms. The van der Waals surface area contributed by atoms with Gasteiger partial charge in [-0.25, -0.2) is 0 Å². The lowest BCUT2D eigenvalue weighted by Gasteiger charge is -1.99. The first kappa shape index (κ1) is 14.8. The number of rotatable bonds is 4. The smallest absolute Gasteiger partial charge is 0.261 e. The molecule has 2 N–H and O–H groups in total. The van der Waals surface area contributed by atoms with Crippen molar-refractivity contribution in [2.75, 3.05) is 0 Å². The van der Waals surface area contributed by atoms with Crippen LogP contribution in [0.2, 0.25) is 0 Å². The van der Waals surface area contributed by atoms with E-state index in [2.05, 4.69) is 10.3 Å². The number of aliphatic hydroxyl groups is 1. The Kier molecular flexibility index (Phi) is 4.34. The third-order valence-corrected chi connectivity index (χ3v) is 3.45. The zero-order valence-electron chi connectivity index (χ0n) is 12.4. The van der Waals surface area contributed by atoms with Gasteiger partial charge in [0.15, 0.2) is 5.76 Å². The molecule has 4 heteroatoms. The number of nitrogens with zero attached hydrogens (tertiary/aromatic N) is 1. The SMILES string of the molecule is O=C1N/C(=C\c2ccccc2)C(O)=C1C=NCc1ccccc1. The summed E-state index contributed by atoms with van der Waals surface area (Å²) in [4.78, 5) is 16.2. The maximum atomic E-state index is 12.0. The molecule has 2 aromatic carbocycles. The molecule has 1 aliphatic rings. The number of hydrogen-bond acceptors (Lipinski definition) is 3. The topological polar surface area (TPSA) is 61.7 Å². The Bertz CT molecular complexity index is 791. The molecule has 1 aliphatic heterocycles. The van der Waals surface area contributed by atoms with E-state index in [1.165, 1.54) is 6.21 Å². The maximum Gasteiger partial charge on any atom is 0.261 e. The van der Waals surface area contributed by atoms with E-state index in [1.54, 1.807) is 6.08 Å². The second-order valence-corrected chi connectivity index (χ2v) is 5.14. The lowest BCUT2D eigenvalue weighted by molar-refractivity contribution is -0.115. The summed E-state index contributed by atoms with van der Waals surface area (Å²) < 4.78 is 0. The zero-order valence-corrected chi connectivity index (χ0v) is 12.4. The zero-order chi connectivity index (χ0) is 16.1. The van der Waals surface area contributed by atoms with E-state index in [0.717, 1.165) is 11.1 Å². The highest BCUT2D eigenvalue weighted by atomic mass is 16.3. The standard InChI is InChI=1S/C19H16N2O2/c22-18-16(13-20-12-15-9-5-2-6-10-15)19(23)21-17(18)11-14-7-3-1-4-8-14/h1-11,13,22H,12H2,(H,21,23)/b17-11-,20-13?. The molecule has 4 nitrogen and oxygen atoms in total. The fraction of sp³-hybridized carbons (Fsp3) is 0.0526. The van der Waals surface area contributed by atoms with Gasteiger partial charge in [-0.05, 0) is 17.2 Å². The molecule has 0 aliphatic carbocycles. The van der Waals surface area contributed by atoms with Gasteiger partial charge in [-0.3, -0.25) is 9.79 Å². The Morgan fingerprint density at radius 1 is 1.00 bits per heavy atom. The number of amides is 1. The van der Waals surface area contributed by atoms with Crippen LogP contribution in [0.25, 0.3) is 6.08 Å². The Labute approximate surface area is 134 Å². The molecule has 0 saturated carbocycles. The van der Waals surface area contributed by atoms with E-state index in [4.69, 9.17) is 0 Å². The number of hydrogen-bond donors (Lipinski definition) is 2. The molecule has 0 radical (unpaired) electrons. The molecule has 23 heavy (non-hydrogen) atoms. The second kappa shape index (κ2) is 6.75. The number of carbonyl (C=O) groups is 1. The van der Waals surface area contributed by atoms with E-state index in [1.807, 2.05) is 60.7 Å². The Balaban J connectivity index is 1.78. The first-order chi connectivity index (χ1) is 11.2. The minimum absolute atomic E-state index is 0.0735. The third-order valence-electron chi connectivity index (χ3n) is 3.45. The Morgan fingerprint density at radius 2 is 1.65 bits per heavy atom. The maximum absolute atomic E-state index is 12.0. The molecule has 1 amide bonds. The normalized spacial score (nSPS) is 16.3. The quantitative estimate of drug-likeness (QED) is 0.852. The van der Waals surface area contributed by atoms with Crippen LogP contribution in [0.4, 0.5) is 0 Å². The molecule has 0 unspecified atom stereocenters. The van der Waals surface area contributed by atoms with Gasteiger partial charge in [0.25, 0.3) is 5.91 Å². The minimum Gasteiger partial charge on any atom is -0.505 e. The molecule has 1 heterocycles. The highest BCUT2D eigenvalue weighted by Gasteiger charge is 2.25.